The van der Waals surface area contributed by atoms with Gasteiger partial charge in [0.25, 0.3) is 0 Å². The van der Waals surface area contributed by atoms with Gasteiger partial charge in [-0.2, -0.15) is 13.1 Å². The molecule has 0 aromatic heterocycles. The third-order valence-electron chi connectivity index (χ3n) is 1.36. The molecule has 0 atom stereocenters. The number of nitrogens with one attached hydrogen (secondary N) is 2. The van der Waals surface area contributed by atoms with Crippen LogP contribution < -0.4 is 0 Å². The second-order valence-corrected chi connectivity index (χ2v) is 3.17. The monoisotopic (exact) mass is 443 g/mol. The van der Waals surface area contributed by atoms with Crippen LogP contribution in [-0.2, 0) is 30.7 Å². The summed E-state index contributed by atoms with van der Waals surface area (Å²) in [7, 11) is 0. The quantitative estimate of drug-likeness (QED) is 0.612. The van der Waals surface area contributed by atoms with E-state index in [9.17, 15) is 9.59 Å². The van der Waals surface area contributed by atoms with Gasteiger partial charge in [0.15, 0.2) is 0 Å². The SMILES string of the molecule is CCCC[NH-].CCCC[NH-].O=C(O)CC(=O)O.[Pt+2]. The molecule has 0 fully saturated rings. The Hall–Kier alpha value is -0.452. The molecule has 0 spiro atoms. The Balaban J connectivity index is -0.0000000813. The average Bonchev–Trinajstić information content (AvgIpc) is 2.19. The van der Waals surface area contributed by atoms with E-state index in [0.717, 1.165) is 25.7 Å². The first-order valence-corrected chi connectivity index (χ1v) is 5.68. The first-order chi connectivity index (χ1) is 7.95. The van der Waals surface area contributed by atoms with Crippen molar-refractivity contribution in [1.82, 2.24) is 0 Å². The van der Waals surface area contributed by atoms with E-state index < -0.39 is 18.4 Å². The van der Waals surface area contributed by atoms with E-state index in [-0.39, 0.29) is 21.1 Å². The number of carboxylic acids is 2. The molecule has 7 heteroatoms. The predicted octanol–water partition coefficient (Wildman–Crippen LogP) is 3.22. The summed E-state index contributed by atoms with van der Waals surface area (Å²) in [5.74, 6) is -2.62. The van der Waals surface area contributed by atoms with Crippen LogP contribution in [-0.4, -0.2) is 35.2 Å². The Kier molecular flexibility index (Phi) is 37.0. The summed E-state index contributed by atoms with van der Waals surface area (Å²) in [6.45, 7) is 5.37. The predicted molar refractivity (Wildman–Crippen MR) is 68.1 cm³/mol. The van der Waals surface area contributed by atoms with Crippen molar-refractivity contribution in [2.24, 2.45) is 0 Å². The summed E-state index contributed by atoms with van der Waals surface area (Å²) in [6, 6.07) is 0. The van der Waals surface area contributed by atoms with Crippen LogP contribution in [0.2, 0.25) is 0 Å². The fraction of sp³-hybridized carbons (Fsp3) is 0.818. The van der Waals surface area contributed by atoms with Gasteiger partial charge in [-0.05, 0) is 0 Å². The fourth-order valence-corrected chi connectivity index (χ4v) is 0.483. The maximum atomic E-state index is 9.43. The summed E-state index contributed by atoms with van der Waals surface area (Å²) in [4.78, 5) is 18.9. The standard InChI is InChI=1S/2C4H10N.C3H4O4.Pt/c2*1-2-3-4-5;4-2(5)1-3(6)7;/h2*5H,2-4H2,1H3;1H2,(H,4,5)(H,6,7);/q2*-1;;+2. The molecule has 112 valence electrons. The molecule has 0 unspecified atom stereocenters. The van der Waals surface area contributed by atoms with Crippen LogP contribution in [0.15, 0.2) is 0 Å². The number of hydrogen-bond donors (Lipinski definition) is 2. The molecule has 0 bridgehead atoms. The second kappa shape index (κ2) is 25.4. The Morgan fingerprint density at radius 2 is 1.17 bits per heavy atom. The zero-order valence-electron chi connectivity index (χ0n) is 11.0. The molecule has 0 aromatic rings. The molecule has 4 N–H and O–H groups in total. The van der Waals surface area contributed by atoms with Crippen molar-refractivity contribution in [3.63, 3.8) is 0 Å². The van der Waals surface area contributed by atoms with Crippen LogP contribution in [0.25, 0.3) is 11.5 Å². The molecule has 0 aromatic carbocycles. The summed E-state index contributed by atoms with van der Waals surface area (Å²) in [5.41, 5.74) is 13.2. The van der Waals surface area contributed by atoms with E-state index in [1.807, 2.05) is 0 Å². The topological polar surface area (TPSA) is 122 Å². The maximum Gasteiger partial charge on any atom is 2.00 e. The largest absolute Gasteiger partial charge is 2.00 e. The molecule has 0 saturated carbocycles. The van der Waals surface area contributed by atoms with Crippen LogP contribution in [0.4, 0.5) is 0 Å². The summed E-state index contributed by atoms with van der Waals surface area (Å²) in [6.07, 6.45) is 3.62. The number of rotatable bonds is 6. The van der Waals surface area contributed by atoms with Crippen molar-refractivity contribution < 1.29 is 40.9 Å². The van der Waals surface area contributed by atoms with Crippen molar-refractivity contribution in [2.75, 3.05) is 13.1 Å². The molecule has 18 heavy (non-hydrogen) atoms. The number of aliphatic carboxylic acids is 2. The number of carboxylic acid groups (broad SMARTS) is 2. The zero-order valence-corrected chi connectivity index (χ0v) is 13.2. The van der Waals surface area contributed by atoms with E-state index in [0.29, 0.717) is 13.1 Å². The van der Waals surface area contributed by atoms with Gasteiger partial charge in [0.2, 0.25) is 0 Å². The van der Waals surface area contributed by atoms with Crippen LogP contribution in [0.1, 0.15) is 46.0 Å². The number of carbonyl (C=O) groups is 2. The van der Waals surface area contributed by atoms with Crippen molar-refractivity contribution in [3.05, 3.63) is 11.5 Å². The van der Waals surface area contributed by atoms with Crippen LogP contribution in [0, 0.1) is 0 Å². The summed E-state index contributed by atoms with van der Waals surface area (Å²) in [5, 5.41) is 15.4. The molecule has 0 aliphatic rings. The summed E-state index contributed by atoms with van der Waals surface area (Å²) >= 11 is 0. The van der Waals surface area contributed by atoms with Gasteiger partial charge in [0.1, 0.15) is 6.42 Å². The molecule has 0 rings (SSSR count). The molecule has 6 nitrogen and oxygen atoms in total. The zero-order chi connectivity index (χ0) is 14.1. The molecular formula is C11H24N2O4Pt. The number of unbranched alkanes of at least 4 members (excludes halogenated alkanes) is 2. The first-order valence-electron chi connectivity index (χ1n) is 5.68. The Morgan fingerprint density at radius 1 is 0.889 bits per heavy atom. The fourth-order valence-electron chi connectivity index (χ4n) is 0.483. The normalized spacial score (nSPS) is 7.78. The van der Waals surface area contributed by atoms with E-state index in [1.165, 1.54) is 0 Å². The van der Waals surface area contributed by atoms with Crippen molar-refractivity contribution in [1.29, 1.82) is 0 Å². The third kappa shape index (κ3) is 57.8. The first kappa shape index (κ1) is 26.2. The third-order valence-corrected chi connectivity index (χ3v) is 1.36. The van der Waals surface area contributed by atoms with Gasteiger partial charge in [-0.25, -0.2) is 0 Å². The molecule has 0 aliphatic carbocycles. The van der Waals surface area contributed by atoms with Gasteiger partial charge < -0.3 is 21.7 Å². The molecular weight excluding hydrogens is 419 g/mol. The molecule has 0 aliphatic heterocycles. The second-order valence-electron chi connectivity index (χ2n) is 3.17. The molecule has 0 saturated heterocycles. The minimum atomic E-state index is -1.31. The molecule has 0 amide bonds. The van der Waals surface area contributed by atoms with Gasteiger partial charge in [0, 0.05) is 0 Å². The minimum absolute atomic E-state index is 0. The maximum absolute atomic E-state index is 9.43. The van der Waals surface area contributed by atoms with E-state index in [4.69, 9.17) is 21.7 Å². The average molecular weight is 443 g/mol. The van der Waals surface area contributed by atoms with Gasteiger partial charge in [-0.15, -0.1) is 0 Å². The Labute approximate surface area is 123 Å². The van der Waals surface area contributed by atoms with Gasteiger partial charge in [0.05, 0.1) is 0 Å². The molecule has 0 radical (unpaired) electrons. The van der Waals surface area contributed by atoms with E-state index in [1.54, 1.807) is 0 Å². The summed E-state index contributed by atoms with van der Waals surface area (Å²) < 4.78 is 0. The van der Waals surface area contributed by atoms with Gasteiger partial charge in [-0.1, -0.05) is 39.5 Å². The van der Waals surface area contributed by atoms with Crippen molar-refractivity contribution >= 4 is 11.9 Å². The van der Waals surface area contributed by atoms with Crippen LogP contribution in [0.3, 0.4) is 0 Å². The van der Waals surface area contributed by atoms with Crippen LogP contribution in [0.5, 0.6) is 0 Å². The van der Waals surface area contributed by atoms with E-state index in [2.05, 4.69) is 13.8 Å². The van der Waals surface area contributed by atoms with E-state index >= 15 is 0 Å². The van der Waals surface area contributed by atoms with Gasteiger partial charge in [-0.3, -0.25) is 9.59 Å². The van der Waals surface area contributed by atoms with Crippen molar-refractivity contribution in [2.45, 2.75) is 46.0 Å². The van der Waals surface area contributed by atoms with Crippen molar-refractivity contribution in [3.8, 4) is 0 Å². The minimum Gasteiger partial charge on any atom is -0.677 e. The Bertz CT molecular complexity index is 158. The Morgan fingerprint density at radius 3 is 1.17 bits per heavy atom. The van der Waals surface area contributed by atoms with Gasteiger partial charge >= 0.3 is 33.0 Å². The smallest absolute Gasteiger partial charge is 0.677 e. The van der Waals surface area contributed by atoms with Crippen LogP contribution >= 0.6 is 0 Å². The molecule has 0 heterocycles. The number of hydrogen-bond acceptors (Lipinski definition) is 2.